The lowest BCUT2D eigenvalue weighted by molar-refractivity contribution is -0.0372. The van der Waals surface area contributed by atoms with Crippen LogP contribution in [0, 0.1) is 0 Å². The lowest BCUT2D eigenvalue weighted by atomic mass is 9.91. The number of hydrogen-bond donors (Lipinski definition) is 1. The maximum atomic E-state index is 5.89. The summed E-state index contributed by atoms with van der Waals surface area (Å²) in [6.07, 6.45) is 4.22. The highest BCUT2D eigenvalue weighted by Gasteiger charge is 2.36. The summed E-state index contributed by atoms with van der Waals surface area (Å²) in [5.74, 6) is 0. The monoisotopic (exact) mass is 309 g/mol. The molecule has 1 fully saturated rings. The van der Waals surface area contributed by atoms with E-state index in [0.717, 1.165) is 38.2 Å². The van der Waals surface area contributed by atoms with Gasteiger partial charge in [0.2, 0.25) is 0 Å². The Morgan fingerprint density at radius 2 is 2.24 bits per heavy atom. The SMILES string of the molecule is COC1(CN(C)C)CCCN(c2ccc(C(C)S)nc2)C1. The van der Waals surface area contributed by atoms with Gasteiger partial charge in [-0.2, -0.15) is 12.6 Å². The second kappa shape index (κ2) is 6.99. The van der Waals surface area contributed by atoms with Crippen LogP contribution in [0.5, 0.6) is 0 Å². The maximum Gasteiger partial charge on any atom is 0.0979 e. The Morgan fingerprint density at radius 3 is 2.76 bits per heavy atom. The smallest absolute Gasteiger partial charge is 0.0979 e. The number of nitrogens with zero attached hydrogens (tertiary/aromatic N) is 3. The van der Waals surface area contributed by atoms with Crippen molar-refractivity contribution in [3.05, 3.63) is 24.0 Å². The Bertz CT molecular complexity index is 449. The van der Waals surface area contributed by atoms with Gasteiger partial charge in [-0.3, -0.25) is 4.98 Å². The predicted molar refractivity (Wildman–Crippen MR) is 91.4 cm³/mol. The number of likely N-dealkylation sites (N-methyl/N-ethyl adjacent to an activating group) is 1. The summed E-state index contributed by atoms with van der Waals surface area (Å²) in [5, 5.41) is 0.173. The number of aromatic nitrogens is 1. The van der Waals surface area contributed by atoms with E-state index in [1.165, 1.54) is 5.69 Å². The maximum absolute atomic E-state index is 5.89. The number of thiol groups is 1. The van der Waals surface area contributed by atoms with Crippen molar-refractivity contribution >= 4 is 18.3 Å². The van der Waals surface area contributed by atoms with Crippen LogP contribution in [0.1, 0.15) is 30.7 Å². The molecule has 0 spiro atoms. The Labute approximate surface area is 133 Å². The van der Waals surface area contributed by atoms with Crippen molar-refractivity contribution in [3.8, 4) is 0 Å². The summed E-state index contributed by atoms with van der Waals surface area (Å²) in [6, 6.07) is 4.22. The molecule has 1 aliphatic rings. The van der Waals surface area contributed by atoms with Crippen LogP contribution in [0.4, 0.5) is 5.69 Å². The third kappa shape index (κ3) is 4.11. The molecule has 0 saturated carbocycles. The van der Waals surface area contributed by atoms with Gasteiger partial charge in [-0.25, -0.2) is 0 Å². The predicted octanol–water partition coefficient (Wildman–Crippen LogP) is 2.62. The van der Waals surface area contributed by atoms with Crippen LogP contribution in [0.25, 0.3) is 0 Å². The molecule has 0 amide bonds. The van der Waals surface area contributed by atoms with Gasteiger partial charge in [0.25, 0.3) is 0 Å². The number of hydrogen-bond acceptors (Lipinski definition) is 5. The van der Waals surface area contributed by atoms with Crippen molar-refractivity contribution in [2.45, 2.75) is 30.6 Å². The number of methoxy groups -OCH3 is 1. The summed E-state index contributed by atoms with van der Waals surface area (Å²) in [5.41, 5.74) is 2.11. The standard InChI is InChI=1S/C16H27N3OS/c1-13(21)15-7-6-14(10-17-15)19-9-5-8-16(12-19,20-4)11-18(2)3/h6-7,10,13,21H,5,8-9,11-12H2,1-4H3. The zero-order chi connectivity index (χ0) is 15.5. The molecule has 118 valence electrons. The summed E-state index contributed by atoms with van der Waals surface area (Å²) < 4.78 is 5.89. The van der Waals surface area contributed by atoms with Gasteiger partial charge in [-0.15, -0.1) is 0 Å². The van der Waals surface area contributed by atoms with E-state index in [4.69, 9.17) is 4.74 Å². The normalized spacial score (nSPS) is 24.4. The van der Waals surface area contributed by atoms with Gasteiger partial charge in [0, 0.05) is 32.0 Å². The van der Waals surface area contributed by atoms with E-state index in [0.29, 0.717) is 0 Å². The zero-order valence-corrected chi connectivity index (χ0v) is 14.4. The van der Waals surface area contributed by atoms with Crippen LogP contribution < -0.4 is 4.90 Å². The molecule has 2 heterocycles. The van der Waals surface area contributed by atoms with Crippen molar-refractivity contribution < 1.29 is 4.74 Å². The first-order chi connectivity index (χ1) is 9.96. The average Bonchev–Trinajstić information content (AvgIpc) is 2.47. The van der Waals surface area contributed by atoms with Gasteiger partial charge in [0.05, 0.1) is 23.2 Å². The summed E-state index contributed by atoms with van der Waals surface area (Å²) >= 11 is 4.43. The number of ether oxygens (including phenoxy) is 1. The highest BCUT2D eigenvalue weighted by Crippen LogP contribution is 2.29. The molecule has 4 nitrogen and oxygen atoms in total. The summed E-state index contributed by atoms with van der Waals surface area (Å²) in [4.78, 5) is 9.11. The molecule has 2 unspecified atom stereocenters. The Kier molecular flexibility index (Phi) is 5.52. The second-order valence-corrected chi connectivity index (χ2v) is 7.04. The van der Waals surface area contributed by atoms with Crippen molar-refractivity contribution in [1.29, 1.82) is 0 Å². The molecule has 21 heavy (non-hydrogen) atoms. The van der Waals surface area contributed by atoms with Gasteiger partial charge in [0.15, 0.2) is 0 Å². The average molecular weight is 309 g/mol. The summed E-state index contributed by atoms with van der Waals surface area (Å²) in [7, 11) is 6.03. The molecule has 0 aromatic carbocycles. The molecule has 1 aromatic heterocycles. The fraction of sp³-hybridized carbons (Fsp3) is 0.688. The highest BCUT2D eigenvalue weighted by atomic mass is 32.1. The van der Waals surface area contributed by atoms with Gasteiger partial charge < -0.3 is 14.5 Å². The molecule has 1 aromatic rings. The van der Waals surface area contributed by atoms with E-state index >= 15 is 0 Å². The van der Waals surface area contributed by atoms with E-state index < -0.39 is 0 Å². The first kappa shape index (κ1) is 16.6. The van der Waals surface area contributed by atoms with E-state index in [2.05, 4.69) is 53.6 Å². The van der Waals surface area contributed by atoms with Gasteiger partial charge in [0.1, 0.15) is 0 Å². The van der Waals surface area contributed by atoms with Crippen molar-refractivity contribution in [2.75, 3.05) is 45.7 Å². The number of pyridine rings is 1. The number of piperidine rings is 1. The molecule has 1 aliphatic heterocycles. The second-order valence-electron chi connectivity index (χ2n) is 6.27. The minimum Gasteiger partial charge on any atom is -0.375 e. The molecule has 5 heteroatoms. The molecule has 2 rings (SSSR count). The van der Waals surface area contributed by atoms with Crippen LogP contribution in [-0.2, 0) is 4.74 Å². The molecule has 1 saturated heterocycles. The van der Waals surface area contributed by atoms with Gasteiger partial charge in [-0.1, -0.05) is 0 Å². The molecule has 0 radical (unpaired) electrons. The number of rotatable bonds is 5. The topological polar surface area (TPSA) is 28.6 Å². The van der Waals surface area contributed by atoms with E-state index in [1.54, 1.807) is 0 Å². The summed E-state index contributed by atoms with van der Waals surface area (Å²) in [6.45, 7) is 4.97. The zero-order valence-electron chi connectivity index (χ0n) is 13.5. The largest absolute Gasteiger partial charge is 0.375 e. The van der Waals surface area contributed by atoms with Crippen LogP contribution in [-0.4, -0.2) is 56.3 Å². The molecular weight excluding hydrogens is 282 g/mol. The van der Waals surface area contributed by atoms with Crippen LogP contribution in [0.3, 0.4) is 0 Å². The Balaban J connectivity index is 2.12. The van der Waals surface area contributed by atoms with E-state index in [1.807, 2.05) is 20.2 Å². The van der Waals surface area contributed by atoms with Crippen molar-refractivity contribution in [2.24, 2.45) is 0 Å². The molecule has 0 N–H and O–H groups in total. The Morgan fingerprint density at radius 1 is 1.48 bits per heavy atom. The van der Waals surface area contributed by atoms with Gasteiger partial charge in [-0.05, 0) is 46.0 Å². The lowest BCUT2D eigenvalue weighted by Gasteiger charge is -2.44. The molecular formula is C16H27N3OS. The fourth-order valence-corrected chi connectivity index (χ4v) is 3.24. The van der Waals surface area contributed by atoms with Gasteiger partial charge >= 0.3 is 0 Å². The fourth-order valence-electron chi connectivity index (χ4n) is 3.09. The first-order valence-electron chi connectivity index (χ1n) is 7.55. The Hall–Kier alpha value is -0.780. The van der Waals surface area contributed by atoms with Crippen molar-refractivity contribution in [1.82, 2.24) is 9.88 Å². The third-order valence-corrected chi connectivity index (χ3v) is 4.41. The van der Waals surface area contributed by atoms with E-state index in [9.17, 15) is 0 Å². The molecule has 0 aliphatic carbocycles. The molecule has 2 atom stereocenters. The lowest BCUT2D eigenvalue weighted by Crippen LogP contribution is -2.54. The van der Waals surface area contributed by atoms with Crippen LogP contribution in [0.15, 0.2) is 18.3 Å². The minimum atomic E-state index is -0.0861. The van der Waals surface area contributed by atoms with Crippen LogP contribution in [0.2, 0.25) is 0 Å². The number of anilines is 1. The molecule has 0 bridgehead atoms. The van der Waals surface area contributed by atoms with E-state index in [-0.39, 0.29) is 10.9 Å². The first-order valence-corrected chi connectivity index (χ1v) is 8.06. The highest BCUT2D eigenvalue weighted by molar-refractivity contribution is 7.80. The van der Waals surface area contributed by atoms with Crippen molar-refractivity contribution in [3.63, 3.8) is 0 Å². The minimum absolute atomic E-state index is 0.0861. The van der Waals surface area contributed by atoms with Crippen LogP contribution >= 0.6 is 12.6 Å². The quantitative estimate of drug-likeness (QED) is 0.847. The third-order valence-electron chi connectivity index (χ3n) is 4.14.